The van der Waals surface area contributed by atoms with E-state index >= 15 is 0 Å². The van der Waals surface area contributed by atoms with Crippen LogP contribution in [-0.2, 0) is 39.1 Å². The van der Waals surface area contributed by atoms with Crippen LogP contribution in [0, 0.1) is 0 Å². The van der Waals surface area contributed by atoms with Gasteiger partial charge in [-0.05, 0) is 6.42 Å². The summed E-state index contributed by atoms with van der Waals surface area (Å²) >= 11 is 6.37. The summed E-state index contributed by atoms with van der Waals surface area (Å²) in [4.78, 5) is 57.3. The van der Waals surface area contributed by atoms with Gasteiger partial charge in [0.25, 0.3) is 11.8 Å². The molecule has 33 heavy (non-hydrogen) atoms. The van der Waals surface area contributed by atoms with E-state index in [0.29, 0.717) is 6.42 Å². The molecule has 1 aliphatic rings. The van der Waals surface area contributed by atoms with Crippen LogP contribution in [-0.4, -0.2) is 83.3 Å². The van der Waals surface area contributed by atoms with Crippen molar-refractivity contribution in [3.8, 4) is 0 Å². The molecule has 18 heteroatoms. The Morgan fingerprint density at radius 1 is 1.42 bits per heavy atom. The zero-order chi connectivity index (χ0) is 24.1. The number of thiazole rings is 1. The van der Waals surface area contributed by atoms with Gasteiger partial charge in [0, 0.05) is 5.38 Å². The van der Waals surface area contributed by atoms with E-state index in [2.05, 4.69) is 25.5 Å². The molecule has 0 saturated carbocycles. The Balaban J connectivity index is 0.00000544. The van der Waals surface area contributed by atoms with Crippen molar-refractivity contribution in [1.82, 2.24) is 14.6 Å². The predicted octanol–water partition coefficient (Wildman–Crippen LogP) is -3.76. The minimum absolute atomic E-state index is 0. The maximum Gasteiger partial charge on any atom is 1.00 e. The van der Waals surface area contributed by atoms with Crippen molar-refractivity contribution in [3.63, 3.8) is 0 Å². The number of ether oxygens (including phenoxy) is 1. The fourth-order valence-electron chi connectivity index (χ4n) is 2.42. The molecule has 1 aromatic heterocycles. The number of aromatic nitrogens is 1. The minimum atomic E-state index is -5.07. The standard InChI is InChI=1S/C15H18ClN5O9S2.Na.H/c1-3-4-30-20-9(7-6-31-15(17-7)18-8(22)5-16)12(23)19-10-11(14(25)29-2)21(13(10)24)32(26,27)28;;/h6,10-11H,3-5H2,1-2H3,(H,19,23)(H,17,18,22)(H,26,27,28);;/q;+1;-1/b20-9-;;. The van der Waals surface area contributed by atoms with E-state index in [9.17, 15) is 27.6 Å². The number of nitrogens with one attached hydrogen (secondary N) is 2. The molecule has 0 radical (unpaired) electrons. The monoisotopic (exact) mass is 535 g/mol. The van der Waals surface area contributed by atoms with E-state index in [1.807, 2.05) is 0 Å². The van der Waals surface area contributed by atoms with Gasteiger partial charge in [-0.1, -0.05) is 12.1 Å². The third-order valence-electron chi connectivity index (χ3n) is 3.81. The Morgan fingerprint density at radius 3 is 2.64 bits per heavy atom. The third-order valence-corrected chi connectivity index (χ3v) is 5.72. The molecule has 2 unspecified atom stereocenters. The molecule has 0 aliphatic carbocycles. The van der Waals surface area contributed by atoms with Crippen LogP contribution in [0.2, 0.25) is 0 Å². The number of anilines is 1. The van der Waals surface area contributed by atoms with E-state index in [1.54, 1.807) is 6.92 Å². The number of amides is 3. The molecular formula is C15H19ClN5NaO9S2. The van der Waals surface area contributed by atoms with Crippen LogP contribution in [0.1, 0.15) is 20.5 Å². The summed E-state index contributed by atoms with van der Waals surface area (Å²) < 4.78 is 36.2. The number of rotatable bonds is 10. The van der Waals surface area contributed by atoms with Crippen LogP contribution in [0.15, 0.2) is 10.5 Å². The molecule has 1 aliphatic heterocycles. The number of hydrogen-bond acceptors (Lipinski definition) is 11. The zero-order valence-corrected chi connectivity index (χ0v) is 22.0. The van der Waals surface area contributed by atoms with Crippen molar-refractivity contribution in [2.45, 2.75) is 25.4 Å². The molecule has 3 N–H and O–H groups in total. The number of carbonyl (C=O) groups is 4. The van der Waals surface area contributed by atoms with Crippen molar-refractivity contribution in [2.24, 2.45) is 5.16 Å². The molecule has 2 heterocycles. The first-order valence-electron chi connectivity index (χ1n) is 8.76. The number of alkyl halides is 1. The van der Waals surface area contributed by atoms with Crippen LogP contribution in [0.3, 0.4) is 0 Å². The van der Waals surface area contributed by atoms with Gasteiger partial charge < -0.3 is 21.6 Å². The van der Waals surface area contributed by atoms with Crippen LogP contribution in [0.25, 0.3) is 0 Å². The summed E-state index contributed by atoms with van der Waals surface area (Å²) in [5.74, 6) is -4.35. The molecule has 1 saturated heterocycles. The Labute approximate surface area is 220 Å². The van der Waals surface area contributed by atoms with Crippen molar-refractivity contribution in [3.05, 3.63) is 11.1 Å². The summed E-state index contributed by atoms with van der Waals surface area (Å²) in [6.45, 7) is 1.93. The fraction of sp³-hybridized carbons (Fsp3) is 0.467. The second-order valence-corrected chi connectivity index (χ2v) is 8.44. The molecule has 14 nitrogen and oxygen atoms in total. The number of β-lactam (4-membered cyclic amide) rings is 1. The van der Waals surface area contributed by atoms with E-state index in [4.69, 9.17) is 21.0 Å². The van der Waals surface area contributed by atoms with Gasteiger partial charge in [-0.3, -0.25) is 18.9 Å². The summed E-state index contributed by atoms with van der Waals surface area (Å²) in [6, 6.07) is -3.49. The van der Waals surface area contributed by atoms with Gasteiger partial charge in [0.15, 0.2) is 16.9 Å². The van der Waals surface area contributed by atoms with Gasteiger partial charge in [0.1, 0.15) is 24.2 Å². The second kappa shape index (κ2) is 12.6. The molecule has 2 atom stereocenters. The Kier molecular flexibility index (Phi) is 11.1. The SMILES string of the molecule is CCCO/N=C(\C(=O)NC1C(=O)N(S(=O)(=O)O)C1C(=O)OC)c1csc(NC(=O)CCl)n1.[H-].[Na+]. The normalized spacial score (nSPS) is 18.0. The number of methoxy groups -OCH3 is 1. The van der Waals surface area contributed by atoms with Crippen LogP contribution in [0.5, 0.6) is 0 Å². The van der Waals surface area contributed by atoms with Crippen LogP contribution < -0.4 is 40.2 Å². The van der Waals surface area contributed by atoms with Crippen molar-refractivity contribution in [1.29, 1.82) is 0 Å². The van der Waals surface area contributed by atoms with E-state index < -0.39 is 51.8 Å². The molecule has 2 rings (SSSR count). The molecule has 3 amide bonds. The predicted molar refractivity (Wildman–Crippen MR) is 111 cm³/mol. The maximum absolute atomic E-state index is 12.8. The summed E-state index contributed by atoms with van der Waals surface area (Å²) in [5, 5.41) is 9.71. The number of halogens is 1. The van der Waals surface area contributed by atoms with Crippen LogP contribution >= 0.6 is 22.9 Å². The zero-order valence-electron chi connectivity index (χ0n) is 18.6. The van der Waals surface area contributed by atoms with Crippen LogP contribution in [0.4, 0.5) is 5.13 Å². The first kappa shape index (κ1) is 29.2. The van der Waals surface area contributed by atoms with Gasteiger partial charge in [0.2, 0.25) is 5.91 Å². The third kappa shape index (κ3) is 7.08. The van der Waals surface area contributed by atoms with Crippen molar-refractivity contribution < 1.29 is 72.7 Å². The second-order valence-electron chi connectivity index (χ2n) is 6.02. The first-order chi connectivity index (χ1) is 15.0. The largest absolute Gasteiger partial charge is 1.00 e. The number of nitrogens with zero attached hydrogens (tertiary/aromatic N) is 3. The summed E-state index contributed by atoms with van der Waals surface area (Å²) in [5.41, 5.74) is -0.454. The number of carbonyl (C=O) groups excluding carboxylic acids is 4. The molecular weight excluding hydrogens is 517 g/mol. The molecule has 1 fully saturated rings. The van der Waals surface area contributed by atoms with E-state index in [-0.39, 0.29) is 58.6 Å². The Bertz CT molecular complexity index is 1050. The average Bonchev–Trinajstić information content (AvgIpc) is 3.19. The van der Waals surface area contributed by atoms with E-state index in [0.717, 1.165) is 18.4 Å². The van der Waals surface area contributed by atoms with Gasteiger partial charge in [0.05, 0.1) is 7.11 Å². The van der Waals surface area contributed by atoms with E-state index in [1.165, 1.54) is 5.38 Å². The molecule has 0 bridgehead atoms. The van der Waals surface area contributed by atoms with Crippen molar-refractivity contribution in [2.75, 3.05) is 24.9 Å². The molecule has 178 valence electrons. The topological polar surface area (TPSA) is 194 Å². The molecule has 0 aromatic carbocycles. The Morgan fingerprint density at radius 2 is 2.09 bits per heavy atom. The molecule has 1 aromatic rings. The number of oxime groups is 1. The van der Waals surface area contributed by atoms with Gasteiger partial charge in [-0.15, -0.1) is 22.9 Å². The van der Waals surface area contributed by atoms with Gasteiger partial charge in [-0.2, -0.15) is 12.7 Å². The Hall–Kier alpha value is -1.82. The number of esters is 1. The van der Waals surface area contributed by atoms with Gasteiger partial charge >= 0.3 is 45.8 Å². The van der Waals surface area contributed by atoms with Crippen molar-refractivity contribution >= 4 is 67.8 Å². The number of hydrogen-bond donors (Lipinski definition) is 3. The maximum atomic E-state index is 12.8. The summed E-state index contributed by atoms with van der Waals surface area (Å²) in [7, 11) is -4.14. The first-order valence-corrected chi connectivity index (χ1v) is 11.6. The minimum Gasteiger partial charge on any atom is -1.00 e. The smallest absolute Gasteiger partial charge is 1.00 e. The molecule has 0 spiro atoms. The quantitative estimate of drug-likeness (QED) is 0.0391. The fourth-order valence-corrected chi connectivity index (χ4v) is 4.04. The average molecular weight is 536 g/mol. The van der Waals surface area contributed by atoms with Gasteiger partial charge in [-0.25, -0.2) is 9.78 Å². The summed E-state index contributed by atoms with van der Waals surface area (Å²) in [6.07, 6.45) is 0.557.